The second kappa shape index (κ2) is 12.2. The SMILES string of the molecule is CC[C@H](C)OC(=O)C(NCc1ccc2c(c1)nc(-c1cc(C)c(=O)n(C)c1)n2CC1CCOCC1)C(C)O. The quantitative estimate of drug-likeness (QED) is 0.392. The molecule has 2 unspecified atom stereocenters. The van der Waals surface area contributed by atoms with Gasteiger partial charge < -0.3 is 23.7 Å². The highest BCUT2D eigenvalue weighted by Crippen LogP contribution is 2.29. The lowest BCUT2D eigenvalue weighted by molar-refractivity contribution is -0.153. The van der Waals surface area contributed by atoms with Crippen molar-refractivity contribution in [1.82, 2.24) is 19.4 Å². The highest BCUT2D eigenvalue weighted by Gasteiger charge is 2.26. The average Bonchev–Trinajstić information content (AvgIpc) is 3.24. The van der Waals surface area contributed by atoms with E-state index in [1.807, 2.05) is 45.2 Å². The van der Waals surface area contributed by atoms with Crippen molar-refractivity contribution in [1.29, 1.82) is 0 Å². The molecule has 9 heteroatoms. The second-order valence-electron chi connectivity index (χ2n) is 10.5. The van der Waals surface area contributed by atoms with Crippen LogP contribution in [-0.2, 0) is 34.4 Å². The summed E-state index contributed by atoms with van der Waals surface area (Å²) in [6.45, 7) is 9.93. The maximum Gasteiger partial charge on any atom is 0.326 e. The maximum absolute atomic E-state index is 12.6. The van der Waals surface area contributed by atoms with Crippen LogP contribution >= 0.6 is 0 Å². The van der Waals surface area contributed by atoms with Crippen LogP contribution in [0.5, 0.6) is 0 Å². The summed E-state index contributed by atoms with van der Waals surface area (Å²) in [6, 6.07) is 7.18. The number of esters is 1. The van der Waals surface area contributed by atoms with Gasteiger partial charge in [-0.05, 0) is 69.7 Å². The number of nitrogens with one attached hydrogen (secondary N) is 1. The minimum atomic E-state index is -0.895. The lowest BCUT2D eigenvalue weighted by Gasteiger charge is -2.23. The van der Waals surface area contributed by atoms with Gasteiger partial charge in [0.25, 0.3) is 5.56 Å². The molecule has 0 radical (unpaired) electrons. The number of nitrogens with zero attached hydrogens (tertiary/aromatic N) is 3. The Morgan fingerprint density at radius 3 is 2.66 bits per heavy atom. The smallest absolute Gasteiger partial charge is 0.326 e. The molecular weight excluding hydrogens is 484 g/mol. The molecular formula is C29H40N4O5. The zero-order valence-electron chi connectivity index (χ0n) is 23.1. The van der Waals surface area contributed by atoms with Crippen molar-refractivity contribution in [3.05, 3.63) is 51.9 Å². The van der Waals surface area contributed by atoms with E-state index in [1.165, 1.54) is 0 Å². The zero-order chi connectivity index (χ0) is 27.4. The number of pyridine rings is 1. The van der Waals surface area contributed by atoms with Crippen LogP contribution in [0.3, 0.4) is 0 Å². The summed E-state index contributed by atoms with van der Waals surface area (Å²) in [7, 11) is 1.76. The maximum atomic E-state index is 12.6. The van der Waals surface area contributed by atoms with Crippen LogP contribution in [0.25, 0.3) is 22.4 Å². The van der Waals surface area contributed by atoms with Crippen LogP contribution in [0.1, 0.15) is 51.2 Å². The number of aromatic nitrogens is 3. The van der Waals surface area contributed by atoms with Crippen LogP contribution in [0.4, 0.5) is 0 Å². The molecule has 1 aliphatic rings. The molecule has 0 spiro atoms. The largest absolute Gasteiger partial charge is 0.461 e. The molecule has 1 saturated heterocycles. The van der Waals surface area contributed by atoms with Gasteiger partial charge in [0.1, 0.15) is 11.9 Å². The molecule has 0 saturated carbocycles. The Kier molecular flexibility index (Phi) is 9.02. The Labute approximate surface area is 223 Å². The standard InChI is InChI=1S/C29H40N4O5/c1-6-19(3)38-29(36)26(20(4)34)30-15-22-7-8-25-24(14-22)31-27(23-13-18(2)28(35)32(5)17-23)33(25)16-21-9-11-37-12-10-21/h7-8,13-14,17,19-21,26,30,34H,6,9-12,15-16H2,1-5H3/t19-,20?,26?/m0/s1. The lowest BCUT2D eigenvalue weighted by atomic mass is 10.00. The first-order chi connectivity index (χ1) is 18.2. The minimum Gasteiger partial charge on any atom is -0.461 e. The van der Waals surface area contributed by atoms with Gasteiger partial charge in [0, 0.05) is 50.7 Å². The van der Waals surface area contributed by atoms with Gasteiger partial charge in [0.2, 0.25) is 0 Å². The molecule has 1 aromatic carbocycles. The van der Waals surface area contributed by atoms with E-state index >= 15 is 0 Å². The lowest BCUT2D eigenvalue weighted by Crippen LogP contribution is -2.46. The van der Waals surface area contributed by atoms with Gasteiger partial charge in [-0.3, -0.25) is 14.9 Å². The van der Waals surface area contributed by atoms with Crippen molar-refractivity contribution in [2.45, 2.75) is 78.3 Å². The van der Waals surface area contributed by atoms with E-state index in [9.17, 15) is 14.7 Å². The molecule has 9 nitrogen and oxygen atoms in total. The van der Waals surface area contributed by atoms with Crippen LogP contribution in [0.2, 0.25) is 0 Å². The van der Waals surface area contributed by atoms with E-state index in [0.29, 0.717) is 24.4 Å². The third-order valence-electron chi connectivity index (χ3n) is 7.37. The van der Waals surface area contributed by atoms with Crippen LogP contribution in [0.15, 0.2) is 35.3 Å². The topological polar surface area (TPSA) is 108 Å². The first-order valence-corrected chi connectivity index (χ1v) is 13.5. The summed E-state index contributed by atoms with van der Waals surface area (Å²) in [5.74, 6) is 0.857. The third-order valence-corrected chi connectivity index (χ3v) is 7.37. The second-order valence-corrected chi connectivity index (χ2v) is 10.5. The molecule has 1 aliphatic heterocycles. The van der Waals surface area contributed by atoms with Crippen LogP contribution in [0, 0.1) is 12.8 Å². The molecule has 4 rings (SSSR count). The molecule has 0 amide bonds. The molecule has 206 valence electrons. The summed E-state index contributed by atoms with van der Waals surface area (Å²) in [5, 5.41) is 13.3. The molecule has 38 heavy (non-hydrogen) atoms. The fourth-order valence-corrected chi connectivity index (χ4v) is 4.91. The predicted molar refractivity (Wildman–Crippen MR) is 147 cm³/mol. The number of aliphatic hydroxyl groups is 1. The van der Waals surface area contributed by atoms with Crippen molar-refractivity contribution in [2.75, 3.05) is 13.2 Å². The monoisotopic (exact) mass is 524 g/mol. The van der Waals surface area contributed by atoms with Crippen molar-refractivity contribution in [3.63, 3.8) is 0 Å². The molecule has 0 aliphatic carbocycles. The highest BCUT2D eigenvalue weighted by molar-refractivity contribution is 5.81. The van der Waals surface area contributed by atoms with Gasteiger partial charge in [0.15, 0.2) is 0 Å². The molecule has 3 heterocycles. The van der Waals surface area contributed by atoms with E-state index in [-0.39, 0.29) is 11.7 Å². The molecule has 3 aromatic rings. The van der Waals surface area contributed by atoms with Crippen molar-refractivity contribution in [3.8, 4) is 11.4 Å². The number of rotatable bonds is 10. The molecule has 0 bridgehead atoms. The first kappa shape index (κ1) is 28.0. The summed E-state index contributed by atoms with van der Waals surface area (Å²) in [5.41, 5.74) is 4.35. The average molecular weight is 525 g/mol. The van der Waals surface area contributed by atoms with Gasteiger partial charge in [0.05, 0.1) is 23.2 Å². The van der Waals surface area contributed by atoms with E-state index in [1.54, 1.807) is 18.5 Å². The van der Waals surface area contributed by atoms with Crippen LogP contribution < -0.4 is 10.9 Å². The van der Waals surface area contributed by atoms with Crippen molar-refractivity contribution in [2.24, 2.45) is 13.0 Å². The molecule has 2 aromatic heterocycles. The normalized spacial score (nSPS) is 16.9. The Bertz CT molecular complexity index is 1300. The number of hydrogen-bond acceptors (Lipinski definition) is 7. The number of aryl methyl sites for hydroxylation is 2. The van der Waals surface area contributed by atoms with Gasteiger partial charge in [-0.15, -0.1) is 0 Å². The van der Waals surface area contributed by atoms with Gasteiger partial charge in [-0.2, -0.15) is 0 Å². The number of hydrogen-bond donors (Lipinski definition) is 2. The number of carbonyl (C=O) groups excluding carboxylic acids is 1. The Morgan fingerprint density at radius 2 is 2.00 bits per heavy atom. The van der Waals surface area contributed by atoms with Gasteiger partial charge in [-0.1, -0.05) is 13.0 Å². The van der Waals surface area contributed by atoms with Crippen molar-refractivity contribution < 1.29 is 19.4 Å². The Balaban J connectivity index is 1.65. The molecule has 2 N–H and O–H groups in total. The number of ether oxygens (including phenoxy) is 2. The summed E-state index contributed by atoms with van der Waals surface area (Å²) >= 11 is 0. The number of benzene rings is 1. The van der Waals surface area contributed by atoms with E-state index in [2.05, 4.69) is 16.0 Å². The first-order valence-electron chi connectivity index (χ1n) is 13.5. The number of imidazole rings is 1. The number of carbonyl (C=O) groups is 1. The molecule has 3 atom stereocenters. The van der Waals surface area contributed by atoms with E-state index < -0.39 is 18.1 Å². The van der Waals surface area contributed by atoms with Gasteiger partial charge >= 0.3 is 5.97 Å². The third kappa shape index (κ3) is 6.34. The van der Waals surface area contributed by atoms with E-state index in [0.717, 1.165) is 60.6 Å². The molecule has 1 fully saturated rings. The fourth-order valence-electron chi connectivity index (χ4n) is 4.91. The van der Waals surface area contributed by atoms with Crippen molar-refractivity contribution >= 4 is 17.0 Å². The fraction of sp³-hybridized carbons (Fsp3) is 0.552. The summed E-state index contributed by atoms with van der Waals surface area (Å²) in [6.07, 6.45) is 3.45. The summed E-state index contributed by atoms with van der Waals surface area (Å²) in [4.78, 5) is 29.9. The zero-order valence-corrected chi connectivity index (χ0v) is 23.1. The van der Waals surface area contributed by atoms with E-state index in [4.69, 9.17) is 14.5 Å². The van der Waals surface area contributed by atoms with Crippen LogP contribution in [-0.4, -0.2) is 56.7 Å². The number of aliphatic hydroxyl groups excluding tert-OH is 1. The van der Waals surface area contributed by atoms with Gasteiger partial charge in [-0.25, -0.2) is 4.98 Å². The number of fused-ring (bicyclic) bond motifs is 1. The Morgan fingerprint density at radius 1 is 1.26 bits per heavy atom. The predicted octanol–water partition coefficient (Wildman–Crippen LogP) is 3.32. The minimum absolute atomic E-state index is 0.0197. The summed E-state index contributed by atoms with van der Waals surface area (Å²) < 4.78 is 14.9. The Hall–Kier alpha value is -3.01. The highest BCUT2D eigenvalue weighted by atomic mass is 16.5.